The molecule has 0 aromatic heterocycles. The van der Waals surface area contributed by atoms with E-state index in [1.54, 1.807) is 0 Å². The second kappa shape index (κ2) is 12.0. The van der Waals surface area contributed by atoms with Gasteiger partial charge in [0.2, 0.25) is 0 Å². The minimum Gasteiger partial charge on any atom is -0.459 e. The van der Waals surface area contributed by atoms with E-state index < -0.39 is 0 Å². The Morgan fingerprint density at radius 1 is 0.600 bits per heavy atom. The molecule has 0 aromatic carbocycles. The van der Waals surface area contributed by atoms with E-state index in [4.69, 9.17) is 9.47 Å². The van der Waals surface area contributed by atoms with Gasteiger partial charge in [-0.2, -0.15) is 0 Å². The first kappa shape index (κ1) is 23.5. The molecule has 2 atom stereocenters. The van der Waals surface area contributed by atoms with Gasteiger partial charge in [0.15, 0.2) is 0 Å². The van der Waals surface area contributed by atoms with Crippen LogP contribution in [-0.2, 0) is 19.1 Å². The lowest BCUT2D eigenvalue weighted by Gasteiger charge is -2.33. The topological polar surface area (TPSA) is 93.1 Å². The summed E-state index contributed by atoms with van der Waals surface area (Å²) in [6, 6.07) is 0. The highest BCUT2D eigenvalue weighted by molar-refractivity contribution is 5.75. The van der Waals surface area contributed by atoms with Gasteiger partial charge in [-0.15, -0.1) is 0 Å². The average molecular weight is 425 g/mol. The average Bonchev–Trinajstić information content (AvgIpc) is 2.81. The van der Waals surface area contributed by atoms with Crippen molar-refractivity contribution in [2.75, 3.05) is 13.2 Å². The third-order valence-corrected chi connectivity index (χ3v) is 7.64. The number of hydrogen-bond acceptors (Lipinski definition) is 6. The summed E-state index contributed by atoms with van der Waals surface area (Å²) in [5.74, 6) is -0.287. The fourth-order valence-electron chi connectivity index (χ4n) is 5.63. The van der Waals surface area contributed by atoms with Gasteiger partial charge in [0.25, 0.3) is 0 Å². The van der Waals surface area contributed by atoms with E-state index in [2.05, 4.69) is 0 Å². The minimum absolute atomic E-state index is 0.109. The zero-order chi connectivity index (χ0) is 21.3. The zero-order valence-electron chi connectivity index (χ0n) is 18.3. The Morgan fingerprint density at radius 3 is 1.23 bits per heavy atom. The van der Waals surface area contributed by atoms with Crippen LogP contribution >= 0.6 is 0 Å². The van der Waals surface area contributed by atoms with E-state index in [0.29, 0.717) is 25.7 Å². The van der Waals surface area contributed by atoms with Gasteiger partial charge in [0.1, 0.15) is 12.2 Å². The molecule has 3 aliphatic rings. The number of rotatable bonds is 8. The summed E-state index contributed by atoms with van der Waals surface area (Å²) < 4.78 is 11.4. The predicted octanol–water partition coefficient (Wildman–Crippen LogP) is 3.76. The molecule has 2 unspecified atom stereocenters. The van der Waals surface area contributed by atoms with E-state index >= 15 is 0 Å². The van der Waals surface area contributed by atoms with Crippen molar-refractivity contribution in [2.45, 2.75) is 102 Å². The molecule has 30 heavy (non-hydrogen) atoms. The molecule has 0 amide bonds. The maximum Gasteiger partial charge on any atom is 0.309 e. The number of aliphatic hydroxyl groups is 2. The van der Waals surface area contributed by atoms with Gasteiger partial charge in [-0.3, -0.25) is 9.59 Å². The molecule has 3 aliphatic carbocycles. The van der Waals surface area contributed by atoms with E-state index in [-0.39, 0.29) is 61.0 Å². The van der Waals surface area contributed by atoms with Crippen LogP contribution in [0.25, 0.3) is 0 Å². The van der Waals surface area contributed by atoms with Crippen molar-refractivity contribution in [3.63, 3.8) is 0 Å². The van der Waals surface area contributed by atoms with Crippen LogP contribution in [0.2, 0.25) is 0 Å². The molecule has 0 aliphatic heterocycles. The largest absolute Gasteiger partial charge is 0.459 e. The number of esters is 2. The third kappa shape index (κ3) is 6.43. The Morgan fingerprint density at radius 2 is 0.933 bits per heavy atom. The van der Waals surface area contributed by atoms with Crippen LogP contribution in [-0.4, -0.2) is 47.6 Å². The normalized spacial score (nSPS) is 28.5. The summed E-state index contributed by atoms with van der Waals surface area (Å²) in [5.41, 5.74) is 0. The summed E-state index contributed by atoms with van der Waals surface area (Å²) in [6.45, 7) is -0.219. The van der Waals surface area contributed by atoms with Crippen molar-refractivity contribution < 1.29 is 29.3 Å². The smallest absolute Gasteiger partial charge is 0.309 e. The number of aliphatic hydroxyl groups excluding tert-OH is 2. The van der Waals surface area contributed by atoms with Crippen LogP contribution in [0.3, 0.4) is 0 Å². The van der Waals surface area contributed by atoms with Crippen LogP contribution in [0.5, 0.6) is 0 Å². The summed E-state index contributed by atoms with van der Waals surface area (Å²) in [4.78, 5) is 25.3. The van der Waals surface area contributed by atoms with Crippen molar-refractivity contribution in [2.24, 2.45) is 23.7 Å². The fraction of sp³-hybridized carbons (Fsp3) is 0.917. The molecule has 0 spiro atoms. The fourth-order valence-corrected chi connectivity index (χ4v) is 5.63. The van der Waals surface area contributed by atoms with Crippen LogP contribution < -0.4 is 0 Å². The Balaban J connectivity index is 1.42. The molecule has 3 rings (SSSR count). The van der Waals surface area contributed by atoms with E-state index in [9.17, 15) is 19.8 Å². The van der Waals surface area contributed by atoms with Gasteiger partial charge in [-0.1, -0.05) is 38.5 Å². The summed E-state index contributed by atoms with van der Waals surface area (Å²) >= 11 is 0. The Bertz CT molecular complexity index is 482. The number of carbonyl (C=O) groups excluding carboxylic acids is 2. The molecule has 0 heterocycles. The van der Waals surface area contributed by atoms with Crippen LogP contribution in [0.15, 0.2) is 0 Å². The molecule has 3 saturated carbocycles. The lowest BCUT2D eigenvalue weighted by Crippen LogP contribution is -2.37. The lowest BCUT2D eigenvalue weighted by atomic mass is 9.81. The van der Waals surface area contributed by atoms with Gasteiger partial charge < -0.3 is 19.7 Å². The van der Waals surface area contributed by atoms with Gasteiger partial charge in [0, 0.05) is 0 Å². The first-order chi connectivity index (χ1) is 14.6. The highest BCUT2D eigenvalue weighted by atomic mass is 16.6. The van der Waals surface area contributed by atoms with Crippen molar-refractivity contribution in [1.82, 2.24) is 0 Å². The molecule has 0 radical (unpaired) electrons. The van der Waals surface area contributed by atoms with Gasteiger partial charge in [0.05, 0.1) is 25.0 Å². The van der Waals surface area contributed by atoms with Crippen molar-refractivity contribution in [3.8, 4) is 0 Å². The molecule has 0 saturated heterocycles. The Kier molecular flexibility index (Phi) is 9.44. The summed E-state index contributed by atoms with van der Waals surface area (Å²) in [7, 11) is 0. The highest BCUT2D eigenvalue weighted by Crippen LogP contribution is 2.34. The number of carbonyl (C=O) groups is 2. The van der Waals surface area contributed by atoms with E-state index in [1.807, 2.05) is 0 Å². The van der Waals surface area contributed by atoms with Crippen molar-refractivity contribution in [3.05, 3.63) is 0 Å². The predicted molar refractivity (Wildman–Crippen MR) is 113 cm³/mol. The van der Waals surface area contributed by atoms with Gasteiger partial charge in [-0.25, -0.2) is 0 Å². The second-order valence-corrected chi connectivity index (χ2v) is 9.66. The number of ether oxygens (including phenoxy) is 2. The van der Waals surface area contributed by atoms with Gasteiger partial charge >= 0.3 is 11.9 Å². The van der Waals surface area contributed by atoms with Gasteiger partial charge in [-0.05, 0) is 63.2 Å². The quantitative estimate of drug-likeness (QED) is 0.576. The van der Waals surface area contributed by atoms with Crippen LogP contribution in [0.4, 0.5) is 0 Å². The van der Waals surface area contributed by atoms with E-state index in [1.165, 1.54) is 12.8 Å². The molecule has 2 N–H and O–H groups in total. The number of hydrogen-bond donors (Lipinski definition) is 2. The molecular formula is C24H40O6. The van der Waals surface area contributed by atoms with Crippen molar-refractivity contribution >= 4 is 11.9 Å². The van der Waals surface area contributed by atoms with Crippen LogP contribution in [0.1, 0.15) is 89.9 Å². The monoisotopic (exact) mass is 424 g/mol. The minimum atomic E-state index is -0.388. The molecule has 172 valence electrons. The van der Waals surface area contributed by atoms with E-state index in [0.717, 1.165) is 51.4 Å². The summed E-state index contributed by atoms with van der Waals surface area (Å²) in [5, 5.41) is 19.4. The van der Waals surface area contributed by atoms with Crippen molar-refractivity contribution in [1.29, 1.82) is 0 Å². The maximum absolute atomic E-state index is 12.6. The maximum atomic E-state index is 12.6. The zero-order valence-corrected chi connectivity index (χ0v) is 18.3. The molecule has 0 aromatic rings. The Labute approximate surface area is 180 Å². The van der Waals surface area contributed by atoms with Crippen LogP contribution in [0, 0.1) is 23.7 Å². The SMILES string of the molecule is O=C(OC(CO)C1CCCCC1)C1CCC(C(=O)OC(CO)C2CCCCC2)CC1. The third-order valence-electron chi connectivity index (χ3n) is 7.64. The standard InChI is InChI=1S/C24H40O6/c25-15-21(17-7-3-1-4-8-17)29-23(27)19-11-13-20(14-12-19)24(28)30-22(16-26)18-9-5-2-6-10-18/h17-22,25-26H,1-16H2. The lowest BCUT2D eigenvalue weighted by molar-refractivity contribution is -0.167. The first-order valence-corrected chi connectivity index (χ1v) is 12.2. The molecular weight excluding hydrogens is 384 g/mol. The first-order valence-electron chi connectivity index (χ1n) is 12.2. The molecule has 6 nitrogen and oxygen atoms in total. The summed E-state index contributed by atoms with van der Waals surface area (Å²) in [6.07, 6.45) is 12.8. The molecule has 6 heteroatoms. The second-order valence-electron chi connectivity index (χ2n) is 9.66. The molecule has 0 bridgehead atoms. The molecule has 3 fully saturated rings. The highest BCUT2D eigenvalue weighted by Gasteiger charge is 2.36. The Hall–Kier alpha value is -1.14.